The van der Waals surface area contributed by atoms with Crippen molar-refractivity contribution in [3.8, 4) is 0 Å². The predicted octanol–water partition coefficient (Wildman–Crippen LogP) is 9.16. The summed E-state index contributed by atoms with van der Waals surface area (Å²) in [5.74, 6) is -1.42. The van der Waals surface area contributed by atoms with Crippen molar-refractivity contribution >= 4 is 19.6 Å². The SMILES string of the molecule is CCCCCCCCCCCCc1ccc(S(=O)(=O)Nc2ccc(F)[c]([Ti]([C]3=CC=CC3)[C]3=CC=CC3)c2F)cc1. The molecule has 0 saturated carbocycles. The number of aryl methyl sites for hydroxylation is 1. The first-order valence-corrected chi connectivity index (χ1v) is 18.9. The van der Waals surface area contributed by atoms with Gasteiger partial charge in [0.15, 0.2) is 0 Å². The zero-order valence-electron chi connectivity index (χ0n) is 24.1. The van der Waals surface area contributed by atoms with Crippen LogP contribution < -0.4 is 8.59 Å². The first-order valence-electron chi connectivity index (χ1n) is 15.1. The van der Waals surface area contributed by atoms with Gasteiger partial charge < -0.3 is 0 Å². The van der Waals surface area contributed by atoms with E-state index in [0.29, 0.717) is 12.8 Å². The van der Waals surface area contributed by atoms with Crippen LogP contribution >= 0.6 is 0 Å². The van der Waals surface area contributed by atoms with Gasteiger partial charge in [0.2, 0.25) is 0 Å². The molecule has 2 aliphatic carbocycles. The molecule has 1 N–H and O–H groups in total. The third-order valence-corrected chi connectivity index (χ3v) is 13.9. The number of unbranched alkanes of at least 4 members (excludes halogenated alkanes) is 9. The fourth-order valence-electron chi connectivity index (χ4n) is 5.51. The molecular formula is C34H42F2NO2STi. The van der Waals surface area contributed by atoms with Gasteiger partial charge in [0.1, 0.15) is 0 Å². The van der Waals surface area contributed by atoms with E-state index in [0.717, 1.165) is 26.2 Å². The number of halogens is 2. The van der Waals surface area contributed by atoms with E-state index in [1.165, 1.54) is 69.9 Å². The van der Waals surface area contributed by atoms with Crippen LogP contribution in [0, 0.1) is 11.6 Å². The van der Waals surface area contributed by atoms with Crippen molar-refractivity contribution < 1.29 is 35.1 Å². The molecule has 7 heteroatoms. The van der Waals surface area contributed by atoms with Crippen molar-refractivity contribution in [3.05, 3.63) is 97.8 Å². The molecule has 0 unspecified atom stereocenters. The molecule has 0 spiro atoms. The minimum atomic E-state index is -4.04. The van der Waals surface area contributed by atoms with Crippen molar-refractivity contribution in [1.82, 2.24) is 0 Å². The standard InChI is InChI=1S/C24H32F2NO2S.2C5H5.Ti/c1-2-3-4-5-6-7-8-9-10-11-12-20-13-16-22(17-14-20)30(28,29)27-24-18-15-21(25)19-23(24)26;2*1-2-4-5-3-1;/h13-18,27H,2-12H2,1H3;2*1-3H,4H2;. The van der Waals surface area contributed by atoms with Gasteiger partial charge >= 0.3 is 194 Å². The number of hydrogen-bond acceptors (Lipinski definition) is 2. The molecule has 0 aliphatic heterocycles. The van der Waals surface area contributed by atoms with E-state index in [4.69, 9.17) is 0 Å². The molecule has 0 amide bonds. The number of benzene rings is 2. The summed E-state index contributed by atoms with van der Waals surface area (Å²) in [6, 6.07) is 9.17. The Bertz CT molecular complexity index is 1360. The quantitative estimate of drug-likeness (QED) is 0.143. The van der Waals surface area contributed by atoms with Crippen LogP contribution in [0.4, 0.5) is 14.5 Å². The molecule has 219 valence electrons. The molecule has 2 aliphatic rings. The van der Waals surface area contributed by atoms with Crippen molar-refractivity contribution in [2.24, 2.45) is 0 Å². The van der Waals surface area contributed by atoms with Crippen molar-refractivity contribution in [3.63, 3.8) is 0 Å². The number of nitrogens with one attached hydrogen (secondary N) is 1. The van der Waals surface area contributed by atoms with E-state index in [2.05, 4.69) is 11.6 Å². The molecule has 0 aromatic heterocycles. The van der Waals surface area contributed by atoms with E-state index in [-0.39, 0.29) is 14.5 Å². The Balaban J connectivity index is 1.36. The van der Waals surface area contributed by atoms with Gasteiger partial charge in [0.05, 0.1) is 0 Å². The van der Waals surface area contributed by atoms with E-state index in [1.54, 1.807) is 12.1 Å². The van der Waals surface area contributed by atoms with Crippen molar-refractivity contribution in [1.29, 1.82) is 0 Å². The Morgan fingerprint density at radius 2 is 1.32 bits per heavy atom. The molecule has 2 aromatic rings. The first-order chi connectivity index (χ1) is 19.9. The van der Waals surface area contributed by atoms with Gasteiger partial charge in [0.25, 0.3) is 0 Å². The molecule has 4 rings (SSSR count). The molecule has 2 aromatic carbocycles. The summed E-state index contributed by atoms with van der Waals surface area (Å²) in [5, 5.41) is 0. The average molecular weight is 615 g/mol. The van der Waals surface area contributed by atoms with Crippen molar-refractivity contribution in [2.45, 2.75) is 95.3 Å². The fraction of sp³-hybridized carbons (Fsp3) is 0.412. The summed E-state index contributed by atoms with van der Waals surface area (Å²) < 4.78 is 62.0. The molecule has 0 atom stereocenters. The topological polar surface area (TPSA) is 46.2 Å². The molecule has 3 nitrogen and oxygen atoms in total. The summed E-state index contributed by atoms with van der Waals surface area (Å²) in [5.41, 5.74) is 0.879. The predicted molar refractivity (Wildman–Crippen MR) is 162 cm³/mol. The Hall–Kier alpha value is -2.28. The second kappa shape index (κ2) is 15.8. The van der Waals surface area contributed by atoms with Crippen LogP contribution in [0.1, 0.15) is 89.5 Å². The maximum absolute atomic E-state index is 15.9. The summed E-state index contributed by atoms with van der Waals surface area (Å²) >= 11 is -2.72. The van der Waals surface area contributed by atoms with E-state index >= 15 is 8.78 Å². The maximum atomic E-state index is 15.9. The van der Waals surface area contributed by atoms with Crippen LogP contribution in [0.3, 0.4) is 0 Å². The molecule has 41 heavy (non-hydrogen) atoms. The van der Waals surface area contributed by atoms with Crippen LogP contribution in [0.5, 0.6) is 0 Å². The second-order valence-corrected chi connectivity index (χ2v) is 16.6. The normalized spacial score (nSPS) is 14.4. The first kappa shape index (κ1) is 31.7. The third kappa shape index (κ3) is 8.86. The molecule has 0 heterocycles. The molecule has 0 fully saturated rings. The zero-order valence-corrected chi connectivity index (χ0v) is 26.5. The van der Waals surface area contributed by atoms with Crippen LogP contribution in [0.15, 0.2) is 85.5 Å². The Labute approximate surface area is 251 Å². The monoisotopic (exact) mass is 614 g/mol. The fourth-order valence-corrected chi connectivity index (χ4v) is 11.1. The summed E-state index contributed by atoms with van der Waals surface area (Å²) in [6.45, 7) is 2.24. The Kier molecular flexibility index (Phi) is 12.2. The van der Waals surface area contributed by atoms with Crippen LogP contribution in [-0.2, 0) is 34.3 Å². The van der Waals surface area contributed by atoms with Gasteiger partial charge in [-0.2, -0.15) is 0 Å². The van der Waals surface area contributed by atoms with E-state index in [9.17, 15) is 8.42 Å². The van der Waals surface area contributed by atoms with Crippen molar-refractivity contribution in [2.75, 3.05) is 4.72 Å². The minimum absolute atomic E-state index is 0.0435. The van der Waals surface area contributed by atoms with Gasteiger partial charge in [-0.25, -0.2) is 0 Å². The van der Waals surface area contributed by atoms with Crippen LogP contribution in [0.2, 0.25) is 0 Å². The second-order valence-electron chi connectivity index (χ2n) is 11.0. The van der Waals surface area contributed by atoms with Gasteiger partial charge in [0, 0.05) is 0 Å². The Morgan fingerprint density at radius 3 is 1.85 bits per heavy atom. The number of sulfonamides is 1. The van der Waals surface area contributed by atoms with Gasteiger partial charge in [-0.15, -0.1) is 0 Å². The number of rotatable bonds is 17. The molecule has 0 saturated heterocycles. The molecular weight excluding hydrogens is 572 g/mol. The van der Waals surface area contributed by atoms with Crippen LogP contribution in [-0.4, -0.2) is 8.42 Å². The number of allylic oxidation sites excluding steroid dienone is 8. The van der Waals surface area contributed by atoms with E-state index < -0.39 is 39.5 Å². The van der Waals surface area contributed by atoms with Gasteiger partial charge in [-0.3, -0.25) is 0 Å². The van der Waals surface area contributed by atoms with Gasteiger partial charge in [-0.1, -0.05) is 58.3 Å². The zero-order chi connectivity index (χ0) is 29.1. The van der Waals surface area contributed by atoms with E-state index in [1.807, 2.05) is 48.6 Å². The van der Waals surface area contributed by atoms with Crippen LogP contribution in [0.25, 0.3) is 0 Å². The molecule has 0 radical (unpaired) electrons. The summed E-state index contributed by atoms with van der Waals surface area (Å²) in [4.78, 5) is 0.0660. The summed E-state index contributed by atoms with van der Waals surface area (Å²) in [7, 11) is -4.04. The molecule has 0 bridgehead atoms. The Morgan fingerprint density at radius 1 is 0.756 bits per heavy atom. The average Bonchev–Trinajstić information content (AvgIpc) is 3.69. The third-order valence-electron chi connectivity index (χ3n) is 7.82. The number of hydrogen-bond donors (Lipinski definition) is 1. The number of anilines is 1. The van der Waals surface area contributed by atoms with Gasteiger partial charge in [-0.05, 0) is 0 Å². The summed E-state index contributed by atoms with van der Waals surface area (Å²) in [6.07, 6.45) is 26.8.